The Morgan fingerprint density at radius 3 is 2.15 bits per heavy atom. The number of ether oxygens (including phenoxy) is 1. The van der Waals surface area contributed by atoms with Crippen molar-refractivity contribution in [2.75, 3.05) is 7.05 Å². The molecule has 0 radical (unpaired) electrons. The van der Waals surface area contributed by atoms with Gasteiger partial charge in [0, 0.05) is 13.0 Å². The molecule has 0 spiro atoms. The average molecular weight is 451 g/mol. The van der Waals surface area contributed by atoms with Crippen LogP contribution >= 0.6 is 27.7 Å². The first-order valence-corrected chi connectivity index (χ1v) is 10.4. The van der Waals surface area contributed by atoms with Gasteiger partial charge in [-0.15, -0.1) is 0 Å². The Hall–Kier alpha value is -1.02. The molecule has 0 bridgehead atoms. The fourth-order valence-corrected chi connectivity index (χ4v) is 3.95. The standard InChI is InChI=1S/C16H25BrN2O4S.C2H6/c1-9-10(12(18-8-20)24-11(9)17)13(21)19(7)16(5,6)14(22)23-15(2,3)4;1-2/h8-9,11H,1-7H3,(H,18,20);1-2H3. The van der Waals surface area contributed by atoms with Crippen LogP contribution in [0.15, 0.2) is 10.6 Å². The lowest BCUT2D eigenvalue weighted by atomic mass is 9.98. The lowest BCUT2D eigenvalue weighted by Gasteiger charge is -2.36. The molecule has 8 heteroatoms. The molecule has 0 aliphatic carbocycles. The van der Waals surface area contributed by atoms with Crippen LogP contribution in [-0.4, -0.2) is 45.5 Å². The Morgan fingerprint density at radius 2 is 1.73 bits per heavy atom. The summed E-state index contributed by atoms with van der Waals surface area (Å²) in [6.45, 7) is 14.5. The summed E-state index contributed by atoms with van der Waals surface area (Å²) in [7, 11) is 1.57. The monoisotopic (exact) mass is 450 g/mol. The summed E-state index contributed by atoms with van der Waals surface area (Å²) in [5, 5.41) is 3.09. The molecule has 1 aliphatic heterocycles. The molecule has 2 atom stereocenters. The van der Waals surface area contributed by atoms with Gasteiger partial charge < -0.3 is 15.0 Å². The van der Waals surface area contributed by atoms with Gasteiger partial charge in [-0.25, -0.2) is 4.79 Å². The van der Waals surface area contributed by atoms with Gasteiger partial charge in [0.25, 0.3) is 5.91 Å². The number of esters is 1. The lowest BCUT2D eigenvalue weighted by Crippen LogP contribution is -2.53. The lowest BCUT2D eigenvalue weighted by molar-refractivity contribution is -0.169. The number of likely N-dealkylation sites (N-methyl/N-ethyl adjacent to an activating group) is 1. The summed E-state index contributed by atoms with van der Waals surface area (Å²) < 4.78 is 5.41. The van der Waals surface area contributed by atoms with Gasteiger partial charge in [-0.05, 0) is 34.6 Å². The van der Waals surface area contributed by atoms with E-state index in [0.29, 0.717) is 17.0 Å². The second kappa shape index (κ2) is 9.78. The van der Waals surface area contributed by atoms with Crippen molar-refractivity contribution in [2.24, 2.45) is 5.92 Å². The Balaban J connectivity index is 0.00000301. The number of hydrogen-bond acceptors (Lipinski definition) is 5. The minimum absolute atomic E-state index is 0.0167. The van der Waals surface area contributed by atoms with Crippen molar-refractivity contribution in [1.29, 1.82) is 0 Å². The van der Waals surface area contributed by atoms with Gasteiger partial charge in [0.05, 0.1) is 14.8 Å². The van der Waals surface area contributed by atoms with Gasteiger partial charge in [-0.1, -0.05) is 48.5 Å². The molecular weight excluding hydrogens is 420 g/mol. The minimum atomic E-state index is -1.14. The van der Waals surface area contributed by atoms with Crippen LogP contribution in [0.3, 0.4) is 0 Å². The molecule has 2 unspecified atom stereocenters. The molecule has 1 heterocycles. The normalized spacial score (nSPS) is 20.1. The highest BCUT2D eigenvalue weighted by Crippen LogP contribution is 2.44. The maximum Gasteiger partial charge on any atom is 0.331 e. The van der Waals surface area contributed by atoms with Gasteiger partial charge in [0.1, 0.15) is 11.1 Å². The van der Waals surface area contributed by atoms with Crippen LogP contribution in [0.5, 0.6) is 0 Å². The fraction of sp³-hybridized carbons (Fsp3) is 0.722. The van der Waals surface area contributed by atoms with Crippen LogP contribution in [0, 0.1) is 5.92 Å². The molecule has 0 aromatic heterocycles. The van der Waals surface area contributed by atoms with Crippen molar-refractivity contribution in [1.82, 2.24) is 10.2 Å². The molecule has 1 rings (SSSR count). The van der Waals surface area contributed by atoms with Gasteiger partial charge in [-0.2, -0.15) is 0 Å². The van der Waals surface area contributed by atoms with E-state index in [-0.39, 0.29) is 16.0 Å². The number of amides is 2. The van der Waals surface area contributed by atoms with E-state index in [2.05, 4.69) is 21.2 Å². The largest absolute Gasteiger partial charge is 0.458 e. The molecular formula is C18H31BrN2O4S. The van der Waals surface area contributed by atoms with E-state index in [4.69, 9.17) is 4.74 Å². The van der Waals surface area contributed by atoms with E-state index in [1.807, 2.05) is 20.8 Å². The second-order valence-electron chi connectivity index (χ2n) is 7.19. The first-order valence-electron chi connectivity index (χ1n) is 8.59. The molecule has 0 aromatic carbocycles. The van der Waals surface area contributed by atoms with Gasteiger partial charge in [0.2, 0.25) is 6.41 Å². The SMILES string of the molecule is CC.CC1C(C(=O)N(C)C(C)(C)C(=O)OC(C)(C)C)=C(NC=O)SC1Br. The Kier molecular flexibility index (Phi) is 9.40. The molecule has 150 valence electrons. The molecule has 0 aromatic rings. The van der Waals surface area contributed by atoms with Crippen LogP contribution in [0.1, 0.15) is 55.4 Å². The van der Waals surface area contributed by atoms with Crippen LogP contribution in [0.2, 0.25) is 0 Å². The summed E-state index contributed by atoms with van der Waals surface area (Å²) in [6.07, 6.45) is 0.548. The quantitative estimate of drug-likeness (QED) is 0.392. The highest BCUT2D eigenvalue weighted by atomic mass is 79.9. The van der Waals surface area contributed by atoms with E-state index in [9.17, 15) is 14.4 Å². The average Bonchev–Trinajstić information content (AvgIpc) is 2.81. The topological polar surface area (TPSA) is 75.7 Å². The summed E-state index contributed by atoms with van der Waals surface area (Å²) in [5.41, 5.74) is -1.30. The zero-order chi connectivity index (χ0) is 20.9. The number of carbonyl (C=O) groups excluding carboxylic acids is 3. The summed E-state index contributed by atoms with van der Waals surface area (Å²) in [4.78, 5) is 37.6. The fourth-order valence-electron chi connectivity index (χ4n) is 2.05. The summed E-state index contributed by atoms with van der Waals surface area (Å²) in [5.74, 6) is -0.899. The smallest absolute Gasteiger partial charge is 0.331 e. The summed E-state index contributed by atoms with van der Waals surface area (Å²) in [6, 6.07) is 0. The number of thioether (sulfide) groups is 1. The number of halogens is 1. The van der Waals surface area contributed by atoms with Crippen LogP contribution < -0.4 is 5.32 Å². The predicted molar refractivity (Wildman–Crippen MR) is 110 cm³/mol. The molecule has 26 heavy (non-hydrogen) atoms. The molecule has 2 amide bonds. The van der Waals surface area contributed by atoms with Crippen molar-refractivity contribution >= 4 is 46.0 Å². The van der Waals surface area contributed by atoms with Crippen molar-refractivity contribution in [3.63, 3.8) is 0 Å². The number of carbonyl (C=O) groups is 3. The van der Waals surface area contributed by atoms with E-state index in [0.717, 1.165) is 0 Å². The van der Waals surface area contributed by atoms with Crippen LogP contribution in [0.4, 0.5) is 0 Å². The Bertz CT molecular complexity index is 570. The molecule has 0 saturated carbocycles. The van der Waals surface area contributed by atoms with Crippen LogP contribution in [-0.2, 0) is 19.1 Å². The number of alkyl halides is 1. The summed E-state index contributed by atoms with van der Waals surface area (Å²) >= 11 is 4.87. The highest BCUT2D eigenvalue weighted by Gasteiger charge is 2.43. The molecule has 1 aliphatic rings. The Labute approximate surface area is 169 Å². The first-order chi connectivity index (χ1) is 11.8. The molecule has 0 saturated heterocycles. The van der Waals surface area contributed by atoms with Gasteiger partial charge in [0.15, 0.2) is 0 Å². The van der Waals surface area contributed by atoms with Crippen molar-refractivity contribution < 1.29 is 19.1 Å². The molecule has 1 N–H and O–H groups in total. The van der Waals surface area contributed by atoms with Gasteiger partial charge in [-0.3, -0.25) is 9.59 Å². The molecule has 0 fully saturated rings. The van der Waals surface area contributed by atoms with E-state index < -0.39 is 17.1 Å². The third kappa shape index (κ3) is 6.01. The molecule has 6 nitrogen and oxygen atoms in total. The number of nitrogens with zero attached hydrogens (tertiary/aromatic N) is 1. The van der Waals surface area contributed by atoms with Gasteiger partial charge >= 0.3 is 5.97 Å². The number of hydrogen-bond donors (Lipinski definition) is 1. The van der Waals surface area contributed by atoms with Crippen molar-refractivity contribution in [3.05, 3.63) is 10.6 Å². The van der Waals surface area contributed by atoms with E-state index in [1.165, 1.54) is 16.7 Å². The third-order valence-electron chi connectivity index (χ3n) is 3.79. The predicted octanol–water partition coefficient (Wildman–Crippen LogP) is 3.65. The maximum atomic E-state index is 13.0. The Morgan fingerprint density at radius 1 is 1.23 bits per heavy atom. The van der Waals surface area contributed by atoms with E-state index in [1.54, 1.807) is 41.7 Å². The van der Waals surface area contributed by atoms with Crippen LogP contribution in [0.25, 0.3) is 0 Å². The zero-order valence-electron chi connectivity index (χ0n) is 17.1. The second-order valence-corrected chi connectivity index (χ2v) is 9.93. The van der Waals surface area contributed by atoms with Crippen molar-refractivity contribution in [3.8, 4) is 0 Å². The minimum Gasteiger partial charge on any atom is -0.458 e. The third-order valence-corrected chi connectivity index (χ3v) is 6.35. The van der Waals surface area contributed by atoms with E-state index >= 15 is 0 Å². The number of nitrogens with one attached hydrogen (secondary N) is 1. The highest BCUT2D eigenvalue weighted by molar-refractivity contribution is 9.11. The first kappa shape index (κ1) is 25.0. The maximum absolute atomic E-state index is 13.0. The zero-order valence-corrected chi connectivity index (χ0v) is 19.5. The number of rotatable bonds is 5. The van der Waals surface area contributed by atoms with Crippen molar-refractivity contribution in [2.45, 2.75) is 70.7 Å².